The Labute approximate surface area is 126 Å². The molecule has 0 aliphatic rings. The largest absolute Gasteiger partial charge is 0.497 e. The lowest BCUT2D eigenvalue weighted by Gasteiger charge is -2.22. The first-order chi connectivity index (χ1) is 10.2. The molecule has 0 radical (unpaired) electrons. The summed E-state index contributed by atoms with van der Waals surface area (Å²) in [6.45, 7) is 2.88. The predicted molar refractivity (Wildman–Crippen MR) is 86.1 cm³/mol. The van der Waals surface area contributed by atoms with E-state index in [1.807, 2.05) is 32.3 Å². The first-order valence-electron chi connectivity index (χ1n) is 7.05. The smallest absolute Gasteiger partial charge is 0.137 e. The first-order valence-corrected chi connectivity index (χ1v) is 7.05. The van der Waals surface area contributed by atoms with Crippen molar-refractivity contribution in [3.63, 3.8) is 0 Å². The molecule has 1 N–H and O–H groups in total. The normalized spacial score (nSPS) is 10.3. The number of hydrogen-bond donors (Lipinski definition) is 1. The summed E-state index contributed by atoms with van der Waals surface area (Å²) in [6.07, 6.45) is 2.48. The van der Waals surface area contributed by atoms with Crippen molar-refractivity contribution in [2.45, 2.75) is 19.9 Å². The van der Waals surface area contributed by atoms with E-state index in [1.165, 1.54) is 5.56 Å². The Hall–Kier alpha value is -2.30. The molecule has 1 aromatic heterocycles. The monoisotopic (exact) mass is 286 g/mol. The molecular weight excluding hydrogens is 264 g/mol. The fourth-order valence-corrected chi connectivity index (χ4v) is 2.39. The number of anilines is 2. The first kappa shape index (κ1) is 15.1. The van der Waals surface area contributed by atoms with Gasteiger partial charge in [0.15, 0.2) is 0 Å². The van der Waals surface area contributed by atoms with Gasteiger partial charge in [0.05, 0.1) is 7.11 Å². The highest BCUT2D eigenvalue weighted by atomic mass is 16.5. The van der Waals surface area contributed by atoms with Gasteiger partial charge in [-0.15, -0.1) is 0 Å². The van der Waals surface area contributed by atoms with Crippen LogP contribution in [-0.4, -0.2) is 31.2 Å². The summed E-state index contributed by atoms with van der Waals surface area (Å²) in [5, 5.41) is 3.13. The summed E-state index contributed by atoms with van der Waals surface area (Å²) in [4.78, 5) is 10.9. The van der Waals surface area contributed by atoms with Gasteiger partial charge in [-0.25, -0.2) is 9.97 Å². The molecule has 5 nitrogen and oxygen atoms in total. The molecule has 0 unspecified atom stereocenters. The van der Waals surface area contributed by atoms with E-state index in [-0.39, 0.29) is 0 Å². The standard InChI is InChI=1S/C16H22N4O/c1-5-14-15(17-2)18-11-19-16(14)20(3)10-12-7-6-8-13(9-12)21-4/h6-9,11H,5,10H2,1-4H3,(H,17,18,19). The number of benzene rings is 1. The fraction of sp³-hybridized carbons (Fsp3) is 0.375. The molecule has 1 heterocycles. The molecule has 112 valence electrons. The molecule has 1 aromatic carbocycles. The number of methoxy groups -OCH3 is 1. The molecule has 21 heavy (non-hydrogen) atoms. The Morgan fingerprint density at radius 1 is 1.29 bits per heavy atom. The molecule has 0 atom stereocenters. The number of nitrogens with zero attached hydrogens (tertiary/aromatic N) is 3. The van der Waals surface area contributed by atoms with Crippen molar-refractivity contribution >= 4 is 11.6 Å². The average molecular weight is 286 g/mol. The van der Waals surface area contributed by atoms with Crippen molar-refractivity contribution in [2.75, 3.05) is 31.4 Å². The van der Waals surface area contributed by atoms with E-state index in [0.29, 0.717) is 0 Å². The fourth-order valence-electron chi connectivity index (χ4n) is 2.39. The van der Waals surface area contributed by atoms with E-state index >= 15 is 0 Å². The Bertz CT molecular complexity index is 601. The topological polar surface area (TPSA) is 50.3 Å². The van der Waals surface area contributed by atoms with Crippen LogP contribution in [0.15, 0.2) is 30.6 Å². The van der Waals surface area contributed by atoms with Crippen molar-refractivity contribution in [2.24, 2.45) is 0 Å². The van der Waals surface area contributed by atoms with Gasteiger partial charge in [-0.05, 0) is 24.1 Å². The third-order valence-electron chi connectivity index (χ3n) is 3.43. The highest BCUT2D eigenvalue weighted by molar-refractivity contribution is 5.58. The van der Waals surface area contributed by atoms with Gasteiger partial charge in [0.2, 0.25) is 0 Å². The Morgan fingerprint density at radius 3 is 2.76 bits per heavy atom. The van der Waals surface area contributed by atoms with Crippen molar-refractivity contribution in [1.82, 2.24) is 9.97 Å². The van der Waals surface area contributed by atoms with Crippen molar-refractivity contribution in [3.05, 3.63) is 41.7 Å². The lowest BCUT2D eigenvalue weighted by molar-refractivity contribution is 0.414. The van der Waals surface area contributed by atoms with Crippen LogP contribution in [0.2, 0.25) is 0 Å². The van der Waals surface area contributed by atoms with Gasteiger partial charge in [0, 0.05) is 26.2 Å². The maximum atomic E-state index is 5.27. The van der Waals surface area contributed by atoms with Gasteiger partial charge in [-0.3, -0.25) is 0 Å². The molecule has 0 fully saturated rings. The van der Waals surface area contributed by atoms with E-state index < -0.39 is 0 Å². The van der Waals surface area contributed by atoms with Crippen LogP contribution in [0.1, 0.15) is 18.1 Å². The third-order valence-corrected chi connectivity index (χ3v) is 3.43. The minimum absolute atomic E-state index is 0.768. The maximum Gasteiger partial charge on any atom is 0.137 e. The van der Waals surface area contributed by atoms with Crippen LogP contribution in [0.4, 0.5) is 11.6 Å². The molecule has 0 aliphatic heterocycles. The third kappa shape index (κ3) is 3.42. The zero-order chi connectivity index (χ0) is 15.2. The van der Waals surface area contributed by atoms with Gasteiger partial charge in [-0.1, -0.05) is 19.1 Å². The molecule has 5 heteroatoms. The summed E-state index contributed by atoms with van der Waals surface area (Å²) in [5.41, 5.74) is 2.31. The number of aromatic nitrogens is 2. The highest BCUT2D eigenvalue weighted by Gasteiger charge is 2.13. The molecule has 0 spiro atoms. The zero-order valence-electron chi connectivity index (χ0n) is 13.1. The van der Waals surface area contributed by atoms with E-state index in [9.17, 15) is 0 Å². The average Bonchev–Trinajstić information content (AvgIpc) is 2.53. The quantitative estimate of drug-likeness (QED) is 0.885. The summed E-state index contributed by atoms with van der Waals surface area (Å²) in [7, 11) is 5.61. The van der Waals surface area contributed by atoms with Gasteiger partial charge in [0.25, 0.3) is 0 Å². The van der Waals surface area contributed by atoms with Crippen LogP contribution in [0.25, 0.3) is 0 Å². The summed E-state index contributed by atoms with van der Waals surface area (Å²) in [6, 6.07) is 8.08. The van der Waals surface area contributed by atoms with Gasteiger partial charge in [0.1, 0.15) is 23.7 Å². The van der Waals surface area contributed by atoms with Crippen LogP contribution < -0.4 is 15.0 Å². The Morgan fingerprint density at radius 2 is 2.10 bits per heavy atom. The Kier molecular flexibility index (Phi) is 4.98. The molecule has 2 aromatic rings. The minimum atomic E-state index is 0.768. The molecule has 0 bridgehead atoms. The van der Waals surface area contributed by atoms with E-state index in [4.69, 9.17) is 4.74 Å². The van der Waals surface area contributed by atoms with E-state index in [0.717, 1.165) is 35.9 Å². The SMILES string of the molecule is CCc1c(NC)ncnc1N(C)Cc1cccc(OC)c1. The maximum absolute atomic E-state index is 5.27. The van der Waals surface area contributed by atoms with Crippen LogP contribution in [0, 0.1) is 0 Å². The number of ether oxygens (including phenoxy) is 1. The number of hydrogen-bond acceptors (Lipinski definition) is 5. The summed E-state index contributed by atoms with van der Waals surface area (Å²) >= 11 is 0. The van der Waals surface area contributed by atoms with E-state index in [2.05, 4.69) is 33.2 Å². The Balaban J connectivity index is 2.25. The molecule has 2 rings (SSSR count). The number of rotatable bonds is 6. The lowest BCUT2D eigenvalue weighted by atomic mass is 10.1. The summed E-state index contributed by atoms with van der Waals surface area (Å²) < 4.78 is 5.27. The van der Waals surface area contributed by atoms with Crippen molar-refractivity contribution in [1.29, 1.82) is 0 Å². The van der Waals surface area contributed by atoms with Gasteiger partial charge >= 0.3 is 0 Å². The molecule has 0 saturated heterocycles. The van der Waals surface area contributed by atoms with Gasteiger partial charge < -0.3 is 15.0 Å². The number of nitrogens with one attached hydrogen (secondary N) is 1. The highest BCUT2D eigenvalue weighted by Crippen LogP contribution is 2.24. The zero-order valence-corrected chi connectivity index (χ0v) is 13.1. The van der Waals surface area contributed by atoms with Crippen molar-refractivity contribution in [3.8, 4) is 5.75 Å². The molecule has 0 aliphatic carbocycles. The van der Waals surface area contributed by atoms with Crippen LogP contribution in [-0.2, 0) is 13.0 Å². The van der Waals surface area contributed by atoms with Crippen molar-refractivity contribution < 1.29 is 4.74 Å². The van der Waals surface area contributed by atoms with Crippen LogP contribution >= 0.6 is 0 Å². The van der Waals surface area contributed by atoms with Crippen LogP contribution in [0.3, 0.4) is 0 Å². The second kappa shape index (κ2) is 6.92. The lowest BCUT2D eigenvalue weighted by Crippen LogP contribution is -2.20. The van der Waals surface area contributed by atoms with E-state index in [1.54, 1.807) is 13.4 Å². The van der Waals surface area contributed by atoms with Crippen LogP contribution in [0.5, 0.6) is 5.75 Å². The second-order valence-electron chi connectivity index (χ2n) is 4.84. The molecule has 0 amide bonds. The molecular formula is C16H22N4O. The second-order valence-corrected chi connectivity index (χ2v) is 4.84. The molecule has 0 saturated carbocycles. The summed E-state index contributed by atoms with van der Waals surface area (Å²) in [5.74, 6) is 2.72. The predicted octanol–water partition coefficient (Wildman–Crippen LogP) is 2.73. The van der Waals surface area contributed by atoms with Gasteiger partial charge in [-0.2, -0.15) is 0 Å². The minimum Gasteiger partial charge on any atom is -0.497 e.